The zero-order chi connectivity index (χ0) is 11.6. The van der Waals surface area contributed by atoms with Crippen molar-refractivity contribution in [3.63, 3.8) is 0 Å². The maximum absolute atomic E-state index is 11.4. The van der Waals surface area contributed by atoms with Crippen molar-refractivity contribution < 1.29 is 13.5 Å². The summed E-state index contributed by atoms with van der Waals surface area (Å²) < 4.78 is 25.4. The predicted molar refractivity (Wildman–Crippen MR) is 65.5 cm³/mol. The summed E-state index contributed by atoms with van der Waals surface area (Å²) in [7, 11) is -3.69. The SMILES string of the molecule is CS(=O)(=O)/N=C(\[O-])c1cc(I)ccc1Cl. The van der Waals surface area contributed by atoms with Crippen LogP contribution in [0.1, 0.15) is 5.56 Å². The first-order valence-corrected chi connectivity index (χ1v) is 7.02. The molecule has 0 heterocycles. The fourth-order valence-electron chi connectivity index (χ4n) is 0.861. The van der Waals surface area contributed by atoms with Crippen molar-refractivity contribution in [3.8, 4) is 0 Å². The molecule has 0 aliphatic carbocycles. The van der Waals surface area contributed by atoms with E-state index in [-0.39, 0.29) is 10.6 Å². The summed E-state index contributed by atoms with van der Waals surface area (Å²) in [5, 5.41) is 11.6. The van der Waals surface area contributed by atoms with Crippen molar-refractivity contribution >= 4 is 50.1 Å². The molecule has 82 valence electrons. The zero-order valence-corrected chi connectivity index (χ0v) is 11.3. The van der Waals surface area contributed by atoms with Crippen LogP contribution >= 0.6 is 34.2 Å². The van der Waals surface area contributed by atoms with Crippen LogP contribution in [0.2, 0.25) is 5.02 Å². The molecule has 4 nitrogen and oxygen atoms in total. The van der Waals surface area contributed by atoms with Gasteiger partial charge < -0.3 is 5.11 Å². The van der Waals surface area contributed by atoms with Crippen molar-refractivity contribution in [3.05, 3.63) is 32.4 Å². The minimum Gasteiger partial charge on any atom is -0.858 e. The summed E-state index contributed by atoms with van der Waals surface area (Å²) in [6.45, 7) is 0. The monoisotopic (exact) mass is 358 g/mol. The van der Waals surface area contributed by atoms with Gasteiger partial charge in [0.15, 0.2) is 0 Å². The van der Waals surface area contributed by atoms with Crippen molar-refractivity contribution in [1.29, 1.82) is 0 Å². The van der Waals surface area contributed by atoms with Gasteiger partial charge in [-0.25, -0.2) is 8.42 Å². The molecule has 0 radical (unpaired) electrons. The normalized spacial score (nSPS) is 12.9. The maximum atomic E-state index is 11.4. The largest absolute Gasteiger partial charge is 0.858 e. The molecular weight excluding hydrogens is 353 g/mol. The molecule has 0 saturated heterocycles. The fourth-order valence-corrected chi connectivity index (χ4v) is 1.95. The standard InChI is InChI=1S/C8H7ClINO3S/c1-15(13,14)11-8(12)6-4-5(10)2-3-7(6)9/h2-4H,1H3,(H,11,12)/p-1. The Hall–Kier alpha value is -0.340. The van der Waals surface area contributed by atoms with Gasteiger partial charge in [-0.1, -0.05) is 11.6 Å². The Morgan fingerprint density at radius 1 is 1.53 bits per heavy atom. The lowest BCUT2D eigenvalue weighted by Crippen LogP contribution is -2.21. The van der Waals surface area contributed by atoms with Gasteiger partial charge in [0, 0.05) is 20.1 Å². The van der Waals surface area contributed by atoms with Gasteiger partial charge in [0.05, 0.1) is 6.26 Å². The van der Waals surface area contributed by atoms with E-state index in [2.05, 4.69) is 4.40 Å². The molecule has 0 aliphatic heterocycles. The fraction of sp³-hybridized carbons (Fsp3) is 0.125. The number of rotatable bonds is 2. The highest BCUT2D eigenvalue weighted by Crippen LogP contribution is 2.18. The minimum atomic E-state index is -3.69. The van der Waals surface area contributed by atoms with Crippen molar-refractivity contribution in [2.75, 3.05) is 6.26 Å². The van der Waals surface area contributed by atoms with E-state index in [1.807, 2.05) is 22.6 Å². The molecule has 0 unspecified atom stereocenters. The highest BCUT2D eigenvalue weighted by atomic mass is 127. The van der Waals surface area contributed by atoms with Gasteiger partial charge in [-0.05, 0) is 40.8 Å². The van der Waals surface area contributed by atoms with E-state index < -0.39 is 15.9 Å². The molecule has 0 bridgehead atoms. The summed E-state index contributed by atoms with van der Waals surface area (Å²) >= 11 is 7.73. The van der Waals surface area contributed by atoms with Crippen molar-refractivity contribution in [1.82, 2.24) is 0 Å². The van der Waals surface area contributed by atoms with Crippen LogP contribution in [0.3, 0.4) is 0 Å². The van der Waals surface area contributed by atoms with Crippen LogP contribution in [0.15, 0.2) is 22.6 Å². The van der Waals surface area contributed by atoms with E-state index in [0.29, 0.717) is 0 Å². The van der Waals surface area contributed by atoms with E-state index in [0.717, 1.165) is 9.83 Å². The third kappa shape index (κ3) is 3.96. The Labute approximate surface area is 106 Å². The van der Waals surface area contributed by atoms with Gasteiger partial charge in [-0.3, -0.25) is 0 Å². The molecule has 15 heavy (non-hydrogen) atoms. The Morgan fingerprint density at radius 3 is 2.67 bits per heavy atom. The first-order chi connectivity index (χ1) is 6.79. The molecule has 1 aromatic carbocycles. The highest BCUT2D eigenvalue weighted by Gasteiger charge is 2.03. The van der Waals surface area contributed by atoms with Gasteiger partial charge in [-0.2, -0.15) is 4.40 Å². The lowest BCUT2D eigenvalue weighted by atomic mass is 10.2. The minimum absolute atomic E-state index is 0.0917. The molecular formula is C8H6ClINO3S-. The third-order valence-corrected chi connectivity index (χ3v) is 2.91. The average molecular weight is 359 g/mol. The van der Waals surface area contributed by atoms with Crippen LogP contribution in [0.25, 0.3) is 0 Å². The maximum Gasteiger partial charge on any atom is 0.249 e. The number of hydrogen-bond donors (Lipinski definition) is 0. The van der Waals surface area contributed by atoms with Gasteiger partial charge in [-0.15, -0.1) is 0 Å². The van der Waals surface area contributed by atoms with Gasteiger partial charge in [0.2, 0.25) is 10.0 Å². The smallest absolute Gasteiger partial charge is 0.249 e. The molecule has 0 aliphatic rings. The predicted octanol–water partition coefficient (Wildman–Crippen LogP) is 1.01. The molecule has 1 aromatic rings. The summed E-state index contributed by atoms with van der Waals surface area (Å²) in [6, 6.07) is 4.72. The molecule has 0 saturated carbocycles. The van der Waals surface area contributed by atoms with Crippen molar-refractivity contribution in [2.24, 2.45) is 4.40 Å². The second kappa shape index (κ2) is 4.67. The van der Waals surface area contributed by atoms with Crippen molar-refractivity contribution in [2.45, 2.75) is 0 Å². The number of sulfonamides is 1. The van der Waals surface area contributed by atoms with E-state index >= 15 is 0 Å². The lowest BCUT2D eigenvalue weighted by Gasteiger charge is -2.11. The Balaban J connectivity index is 3.28. The van der Waals surface area contributed by atoms with Gasteiger partial charge >= 0.3 is 0 Å². The topological polar surface area (TPSA) is 69.6 Å². The number of nitrogens with zero attached hydrogens (tertiary/aromatic N) is 1. The first-order valence-electron chi connectivity index (χ1n) is 3.72. The van der Waals surface area contributed by atoms with Crippen LogP contribution in [0.5, 0.6) is 0 Å². The summed E-state index contributed by atoms with van der Waals surface area (Å²) in [6.07, 6.45) is 0.854. The van der Waals surface area contributed by atoms with E-state index in [4.69, 9.17) is 11.6 Å². The molecule has 0 spiro atoms. The third-order valence-electron chi connectivity index (χ3n) is 1.41. The van der Waals surface area contributed by atoms with E-state index in [9.17, 15) is 13.5 Å². The van der Waals surface area contributed by atoms with Gasteiger partial charge in [0.25, 0.3) is 0 Å². The number of benzene rings is 1. The first kappa shape index (κ1) is 12.7. The molecule has 0 N–H and O–H groups in total. The summed E-state index contributed by atoms with van der Waals surface area (Å²) in [4.78, 5) is 0. The quantitative estimate of drug-likeness (QED) is 0.450. The Kier molecular flexibility index (Phi) is 3.96. The van der Waals surface area contributed by atoms with Gasteiger partial charge in [0.1, 0.15) is 0 Å². The Morgan fingerprint density at radius 2 is 2.13 bits per heavy atom. The lowest BCUT2D eigenvalue weighted by molar-refractivity contribution is -0.212. The molecule has 0 aromatic heterocycles. The Bertz CT molecular complexity index is 513. The van der Waals surface area contributed by atoms with Crippen LogP contribution in [-0.4, -0.2) is 20.6 Å². The number of halogens is 2. The highest BCUT2D eigenvalue weighted by molar-refractivity contribution is 14.1. The zero-order valence-electron chi connectivity index (χ0n) is 7.57. The molecule has 0 amide bonds. The molecule has 0 atom stereocenters. The molecule has 1 rings (SSSR count). The second-order valence-corrected chi connectivity index (χ2v) is 6.06. The molecule has 0 fully saturated rings. The van der Waals surface area contributed by atoms with Crippen LogP contribution in [0.4, 0.5) is 0 Å². The number of hydrogen-bond acceptors (Lipinski definition) is 3. The van der Waals surface area contributed by atoms with E-state index in [1.54, 1.807) is 6.07 Å². The van der Waals surface area contributed by atoms with Crippen LogP contribution in [0, 0.1) is 3.57 Å². The summed E-state index contributed by atoms with van der Waals surface area (Å²) in [5.74, 6) is -0.846. The summed E-state index contributed by atoms with van der Waals surface area (Å²) in [5.41, 5.74) is 0.0917. The van der Waals surface area contributed by atoms with Crippen LogP contribution in [-0.2, 0) is 10.0 Å². The van der Waals surface area contributed by atoms with E-state index in [1.165, 1.54) is 12.1 Å². The second-order valence-electron chi connectivity index (χ2n) is 2.75. The average Bonchev–Trinajstić information content (AvgIpc) is 2.06. The molecule has 7 heteroatoms. The van der Waals surface area contributed by atoms with Crippen LogP contribution < -0.4 is 5.11 Å².